The molecule has 0 saturated carbocycles. The normalized spacial score (nSPS) is 15.6. The second kappa shape index (κ2) is 11.0. The maximum absolute atomic E-state index is 14.8. The smallest absolute Gasteiger partial charge is 0.410 e. The average Bonchev–Trinajstić information content (AvgIpc) is 2.76. The molecule has 1 heterocycles. The average molecular weight is 475 g/mol. The van der Waals surface area contributed by atoms with Crippen LogP contribution in [0.2, 0.25) is 0 Å². The van der Waals surface area contributed by atoms with Gasteiger partial charge < -0.3 is 19.6 Å². The molecule has 0 unspecified atom stereocenters. The Bertz CT molecular complexity index is 1020. The van der Waals surface area contributed by atoms with E-state index < -0.39 is 29.4 Å². The number of halogens is 2. The van der Waals surface area contributed by atoms with Gasteiger partial charge in [-0.2, -0.15) is 0 Å². The highest BCUT2D eigenvalue weighted by Gasteiger charge is 2.33. The van der Waals surface area contributed by atoms with Crippen molar-refractivity contribution in [3.8, 4) is 0 Å². The van der Waals surface area contributed by atoms with E-state index in [1.165, 1.54) is 17.0 Å². The third-order valence-corrected chi connectivity index (χ3v) is 5.70. The van der Waals surface area contributed by atoms with Crippen LogP contribution in [-0.2, 0) is 16.0 Å². The van der Waals surface area contributed by atoms with Crippen LogP contribution >= 0.6 is 0 Å². The summed E-state index contributed by atoms with van der Waals surface area (Å²) in [5, 5.41) is 9.31. The fourth-order valence-electron chi connectivity index (χ4n) is 4.20. The molecule has 0 fully saturated rings. The van der Waals surface area contributed by atoms with Gasteiger partial charge in [0.25, 0.3) is 0 Å². The minimum atomic E-state index is -0.696. The number of amides is 2. The summed E-state index contributed by atoms with van der Waals surface area (Å²) in [7, 11) is 0. The van der Waals surface area contributed by atoms with E-state index in [-0.39, 0.29) is 37.6 Å². The Balaban J connectivity index is 1.75. The molecule has 2 aromatic carbocycles. The van der Waals surface area contributed by atoms with Crippen molar-refractivity contribution in [3.63, 3.8) is 0 Å². The van der Waals surface area contributed by atoms with Gasteiger partial charge in [0.05, 0.1) is 12.6 Å². The molecule has 0 aliphatic carbocycles. The Morgan fingerprint density at radius 3 is 2.53 bits per heavy atom. The van der Waals surface area contributed by atoms with Gasteiger partial charge in [-0.15, -0.1) is 0 Å². The zero-order valence-electron chi connectivity index (χ0n) is 19.9. The lowest BCUT2D eigenvalue weighted by Gasteiger charge is -2.38. The fourth-order valence-corrected chi connectivity index (χ4v) is 4.20. The third-order valence-electron chi connectivity index (χ3n) is 5.70. The molecule has 1 atom stereocenters. The van der Waals surface area contributed by atoms with Gasteiger partial charge >= 0.3 is 6.09 Å². The molecule has 0 radical (unpaired) electrons. The summed E-state index contributed by atoms with van der Waals surface area (Å²) in [5.41, 5.74) is 1.42. The first-order valence-corrected chi connectivity index (χ1v) is 11.5. The predicted octanol–water partition coefficient (Wildman–Crippen LogP) is 4.45. The molecule has 1 N–H and O–H groups in total. The van der Waals surface area contributed by atoms with Crippen molar-refractivity contribution < 1.29 is 28.2 Å². The molecule has 1 aliphatic rings. The second-order valence-corrected chi connectivity index (χ2v) is 9.40. The molecule has 0 saturated heterocycles. The Kier molecular flexibility index (Phi) is 8.25. The summed E-state index contributed by atoms with van der Waals surface area (Å²) in [6, 6.07) is 10.3. The number of hydrogen-bond donors (Lipinski definition) is 1. The van der Waals surface area contributed by atoms with E-state index in [1.54, 1.807) is 25.7 Å². The molecule has 2 aromatic rings. The number of aliphatic hydroxyl groups excluding tert-OH is 1. The van der Waals surface area contributed by atoms with Crippen molar-refractivity contribution in [1.82, 2.24) is 9.80 Å². The highest BCUT2D eigenvalue weighted by Crippen LogP contribution is 2.37. The number of ether oxygens (including phenoxy) is 1. The van der Waals surface area contributed by atoms with E-state index in [0.717, 1.165) is 17.2 Å². The Labute approximate surface area is 199 Å². The van der Waals surface area contributed by atoms with E-state index in [9.17, 15) is 23.5 Å². The molecule has 3 rings (SSSR count). The summed E-state index contributed by atoms with van der Waals surface area (Å²) < 4.78 is 33.7. The summed E-state index contributed by atoms with van der Waals surface area (Å²) in [4.78, 5) is 28.6. The molecule has 184 valence electrons. The zero-order valence-corrected chi connectivity index (χ0v) is 19.9. The van der Waals surface area contributed by atoms with E-state index >= 15 is 0 Å². The number of carbonyl (C=O) groups excluding carboxylic acids is 2. The van der Waals surface area contributed by atoms with Gasteiger partial charge in [-0.25, -0.2) is 13.6 Å². The number of aliphatic hydroxyl groups is 1. The summed E-state index contributed by atoms with van der Waals surface area (Å²) in [5.74, 6) is -1.55. The molecule has 1 aliphatic heterocycles. The number of rotatable bonds is 7. The lowest BCUT2D eigenvalue weighted by atomic mass is 9.87. The summed E-state index contributed by atoms with van der Waals surface area (Å²) >= 11 is 0. The standard InChI is InChI=1S/C26H32F2N2O4/c1-26(2,3)34-25(33)29(15-16-31)13-6-9-23(32)30-14-12-18-7-4-5-8-20(18)24(30)21-11-10-19(27)17-22(21)28/h4-5,7-8,10-11,17,24,31H,6,9,12-16H2,1-3H3/t24-/m1/s1. The molecule has 6 nitrogen and oxygen atoms in total. The van der Waals surface area contributed by atoms with E-state index in [0.29, 0.717) is 19.4 Å². The van der Waals surface area contributed by atoms with Crippen molar-refractivity contribution >= 4 is 12.0 Å². The first-order chi connectivity index (χ1) is 16.1. The molecule has 2 amide bonds. The van der Waals surface area contributed by atoms with Crippen LogP contribution in [0, 0.1) is 11.6 Å². The van der Waals surface area contributed by atoms with E-state index in [1.807, 2.05) is 24.3 Å². The maximum Gasteiger partial charge on any atom is 0.410 e. The van der Waals surface area contributed by atoms with Gasteiger partial charge in [-0.05, 0) is 50.8 Å². The van der Waals surface area contributed by atoms with E-state index in [2.05, 4.69) is 0 Å². The first kappa shape index (κ1) is 25.6. The van der Waals surface area contributed by atoms with Gasteiger partial charge in [-0.3, -0.25) is 4.79 Å². The quantitative estimate of drug-likeness (QED) is 0.644. The Morgan fingerprint density at radius 1 is 1.12 bits per heavy atom. The van der Waals surface area contributed by atoms with Gasteiger partial charge in [-0.1, -0.05) is 30.3 Å². The highest BCUT2D eigenvalue weighted by atomic mass is 19.1. The van der Waals surface area contributed by atoms with Crippen molar-refractivity contribution in [1.29, 1.82) is 0 Å². The second-order valence-electron chi connectivity index (χ2n) is 9.40. The number of fused-ring (bicyclic) bond motifs is 1. The molecule has 34 heavy (non-hydrogen) atoms. The van der Waals surface area contributed by atoms with Crippen LogP contribution in [0.4, 0.5) is 13.6 Å². The van der Waals surface area contributed by atoms with Crippen LogP contribution in [0.5, 0.6) is 0 Å². The summed E-state index contributed by atoms with van der Waals surface area (Å²) in [6.45, 7) is 5.80. The number of benzene rings is 2. The summed E-state index contributed by atoms with van der Waals surface area (Å²) in [6.07, 6.45) is 0.573. The maximum atomic E-state index is 14.8. The van der Waals surface area contributed by atoms with Crippen LogP contribution in [0.3, 0.4) is 0 Å². The lowest BCUT2D eigenvalue weighted by molar-refractivity contribution is -0.133. The van der Waals surface area contributed by atoms with Crippen LogP contribution in [0.25, 0.3) is 0 Å². The lowest BCUT2D eigenvalue weighted by Crippen LogP contribution is -2.42. The van der Waals surface area contributed by atoms with Crippen molar-refractivity contribution in [2.45, 2.75) is 51.7 Å². The molecule has 8 heteroatoms. The van der Waals surface area contributed by atoms with Crippen LogP contribution in [0.1, 0.15) is 56.3 Å². The molecule has 0 aromatic heterocycles. The van der Waals surface area contributed by atoms with E-state index in [4.69, 9.17) is 4.74 Å². The molecule has 0 spiro atoms. The number of carbonyl (C=O) groups is 2. The molecular weight excluding hydrogens is 442 g/mol. The van der Waals surface area contributed by atoms with Crippen LogP contribution in [-0.4, -0.2) is 58.7 Å². The topological polar surface area (TPSA) is 70.1 Å². The van der Waals surface area contributed by atoms with Crippen molar-refractivity contribution in [2.75, 3.05) is 26.2 Å². The Morgan fingerprint density at radius 2 is 1.85 bits per heavy atom. The first-order valence-electron chi connectivity index (χ1n) is 11.5. The number of nitrogens with zero attached hydrogens (tertiary/aromatic N) is 2. The minimum absolute atomic E-state index is 0.101. The third kappa shape index (κ3) is 6.32. The van der Waals surface area contributed by atoms with Gasteiger partial charge in [0.2, 0.25) is 5.91 Å². The SMILES string of the molecule is CC(C)(C)OC(=O)N(CCO)CCCC(=O)N1CCc2ccccc2[C@@H]1c1ccc(F)cc1F. The van der Waals surface area contributed by atoms with Gasteiger partial charge in [0.1, 0.15) is 17.2 Å². The highest BCUT2D eigenvalue weighted by molar-refractivity contribution is 5.78. The molecule has 0 bridgehead atoms. The van der Waals surface area contributed by atoms with Crippen LogP contribution < -0.4 is 0 Å². The molecular formula is C26H32F2N2O4. The van der Waals surface area contributed by atoms with Gasteiger partial charge in [0, 0.05) is 37.7 Å². The van der Waals surface area contributed by atoms with Gasteiger partial charge in [0.15, 0.2) is 0 Å². The fraction of sp³-hybridized carbons (Fsp3) is 0.462. The zero-order chi connectivity index (χ0) is 24.9. The largest absolute Gasteiger partial charge is 0.444 e. The monoisotopic (exact) mass is 474 g/mol. The number of hydrogen-bond acceptors (Lipinski definition) is 4. The minimum Gasteiger partial charge on any atom is -0.444 e. The van der Waals surface area contributed by atoms with Crippen molar-refractivity contribution in [3.05, 3.63) is 70.8 Å². The van der Waals surface area contributed by atoms with Crippen molar-refractivity contribution in [2.24, 2.45) is 0 Å². The predicted molar refractivity (Wildman–Crippen MR) is 124 cm³/mol. The Hall–Kier alpha value is -3.00. The van der Waals surface area contributed by atoms with Crippen LogP contribution in [0.15, 0.2) is 42.5 Å².